The van der Waals surface area contributed by atoms with Gasteiger partial charge in [0.1, 0.15) is 0 Å². The molecule has 312 valence electrons. The van der Waals surface area contributed by atoms with Gasteiger partial charge < -0.3 is 24.8 Å². The minimum Gasteiger partial charge on any atom is -1.00 e. The number of allylic oxidation sites excluding steroid dienone is 4. The van der Waals surface area contributed by atoms with Gasteiger partial charge in [0.25, 0.3) is 0 Å². The van der Waals surface area contributed by atoms with Crippen molar-refractivity contribution in [1.82, 2.24) is 0 Å². The molecule has 1 atom stereocenters. The number of rotatable bonds is 7. The Morgan fingerprint density at radius 1 is 0.508 bits per heavy atom. The fraction of sp³-hybridized carbons (Fsp3) is 0.293. The van der Waals surface area contributed by atoms with Crippen LogP contribution in [0.1, 0.15) is 105 Å². The monoisotopic (exact) mass is 918 g/mol. The molecule has 1 unspecified atom stereocenters. The van der Waals surface area contributed by atoms with E-state index in [9.17, 15) is 0 Å². The van der Waals surface area contributed by atoms with Gasteiger partial charge in [0.2, 0.25) is 0 Å². The summed E-state index contributed by atoms with van der Waals surface area (Å²) < 4.78 is 3.61. The zero-order valence-corrected chi connectivity index (χ0v) is 42.5. The van der Waals surface area contributed by atoms with Gasteiger partial charge in [-0.25, -0.2) is 0 Å². The largest absolute Gasteiger partial charge is 1.00 e. The zero-order chi connectivity index (χ0) is 42.1. The maximum Gasteiger partial charge on any atom is -1.00 e. The molecule has 6 aromatic carbocycles. The summed E-state index contributed by atoms with van der Waals surface area (Å²) >= 11 is -3.15. The first-order valence-electron chi connectivity index (χ1n) is 21.8. The van der Waals surface area contributed by atoms with Crippen LogP contribution in [0.4, 0.5) is 0 Å². The predicted octanol–water partition coefficient (Wildman–Crippen LogP) is 9.60. The van der Waals surface area contributed by atoms with Crippen LogP contribution >= 0.6 is 0 Å². The van der Waals surface area contributed by atoms with Gasteiger partial charge in [-0.2, -0.15) is 0 Å². The van der Waals surface area contributed by atoms with Crippen molar-refractivity contribution >= 4 is 3.21 Å². The quantitative estimate of drug-likeness (QED) is 0.150. The topological polar surface area (TPSA) is 0 Å². The molecule has 0 heterocycles. The molecule has 6 aromatic rings. The molecule has 0 aliphatic heterocycles. The Labute approximate surface area is 387 Å². The molecule has 0 N–H and O–H groups in total. The molecule has 0 spiro atoms. The van der Waals surface area contributed by atoms with E-state index < -0.39 is 21.3 Å². The van der Waals surface area contributed by atoms with Crippen molar-refractivity contribution < 1.29 is 46.1 Å². The third kappa shape index (κ3) is 8.88. The first kappa shape index (κ1) is 46.6. The van der Waals surface area contributed by atoms with E-state index in [1.165, 1.54) is 106 Å². The summed E-state index contributed by atoms with van der Waals surface area (Å²) in [5, 5.41) is 0. The Morgan fingerprint density at radius 2 is 0.902 bits per heavy atom. The normalized spacial score (nSPS) is 14.3. The van der Waals surface area contributed by atoms with Crippen molar-refractivity contribution in [3.8, 4) is 33.4 Å². The summed E-state index contributed by atoms with van der Waals surface area (Å²) in [7, 11) is 0. The molecule has 0 aromatic heterocycles. The molecule has 61 heavy (non-hydrogen) atoms. The summed E-state index contributed by atoms with van der Waals surface area (Å²) in [6.07, 6.45) is 5.39. The first-order valence-corrected chi connectivity index (χ1v) is 25.6. The van der Waals surface area contributed by atoms with Crippen LogP contribution < -0.4 is 24.8 Å². The second-order valence-electron chi connectivity index (χ2n) is 19.3. The third-order valence-corrected chi connectivity index (χ3v) is 21.5. The van der Waals surface area contributed by atoms with Crippen LogP contribution in [0.3, 0.4) is 0 Å². The Kier molecular flexibility index (Phi) is 13.8. The Balaban J connectivity index is 0.00000311. The van der Waals surface area contributed by atoms with Crippen LogP contribution in [0.2, 0.25) is 0 Å². The number of fused-ring (bicyclic) bond motifs is 3. The maximum absolute atomic E-state index is 3.15. The molecule has 0 nitrogen and oxygen atoms in total. The van der Waals surface area contributed by atoms with Gasteiger partial charge in [-0.15, -0.1) is 0 Å². The second kappa shape index (κ2) is 18.1. The van der Waals surface area contributed by atoms with E-state index in [-0.39, 0.29) is 33.9 Å². The fourth-order valence-electron chi connectivity index (χ4n) is 10.4. The van der Waals surface area contributed by atoms with Gasteiger partial charge >= 0.3 is 366 Å². The maximum atomic E-state index is 2.72. The van der Waals surface area contributed by atoms with Crippen LogP contribution in [0.15, 0.2) is 130 Å². The minimum atomic E-state index is -3.15. The van der Waals surface area contributed by atoms with Gasteiger partial charge in [0.05, 0.1) is 0 Å². The molecule has 0 saturated heterocycles. The summed E-state index contributed by atoms with van der Waals surface area (Å²) in [6, 6.07) is 43.6. The van der Waals surface area contributed by atoms with E-state index >= 15 is 0 Å². The molecule has 0 radical (unpaired) electrons. The van der Waals surface area contributed by atoms with Crippen molar-refractivity contribution in [2.45, 2.75) is 93.6 Å². The molecule has 0 saturated carbocycles. The number of aryl methyl sites for hydroxylation is 8. The molecular weight excluding hydrogens is 859 g/mol. The van der Waals surface area contributed by atoms with E-state index in [1.807, 2.05) is 0 Å². The van der Waals surface area contributed by atoms with Crippen LogP contribution in [0.5, 0.6) is 0 Å². The van der Waals surface area contributed by atoms with Crippen molar-refractivity contribution in [2.75, 3.05) is 0 Å². The molecular formula is C58H62Cl2Zr. The van der Waals surface area contributed by atoms with Crippen molar-refractivity contribution in [1.29, 1.82) is 0 Å². The summed E-state index contributed by atoms with van der Waals surface area (Å²) in [4.78, 5) is 0. The van der Waals surface area contributed by atoms with E-state index in [0.29, 0.717) is 11.8 Å². The Morgan fingerprint density at radius 3 is 1.26 bits per heavy atom. The van der Waals surface area contributed by atoms with E-state index in [4.69, 9.17) is 0 Å². The SMILES string of the molecule is Cc1ccc([C](c2ccc(C)cc2)=[Zr+2]([C]2=CC(C(C)(C)C)=CC2C(C)C)[CH]2c3cc(-c4c(C)cc(C)cc4C)ccc3-c3ccc(-c4c(C)cc(C)cc4C)cc32)cc1.[Cl-].[Cl-]. The van der Waals surface area contributed by atoms with Crippen LogP contribution in [-0.4, -0.2) is 3.21 Å². The average molecular weight is 921 g/mol. The number of halogens is 2. The summed E-state index contributed by atoms with van der Waals surface area (Å²) in [5.41, 5.74) is 26.3. The van der Waals surface area contributed by atoms with Gasteiger partial charge in [0, 0.05) is 0 Å². The Hall–Kier alpha value is -3.87. The Bertz CT molecular complexity index is 2530. The molecule has 2 aliphatic carbocycles. The van der Waals surface area contributed by atoms with Gasteiger partial charge in [-0.05, 0) is 0 Å². The van der Waals surface area contributed by atoms with E-state index in [1.54, 1.807) is 6.49 Å². The molecule has 0 amide bonds. The molecule has 0 fully saturated rings. The van der Waals surface area contributed by atoms with Crippen molar-refractivity contribution in [3.63, 3.8) is 0 Å². The third-order valence-electron chi connectivity index (χ3n) is 13.1. The molecule has 0 bridgehead atoms. The second-order valence-corrected chi connectivity index (χ2v) is 25.4. The number of hydrogen-bond donors (Lipinski definition) is 0. The number of hydrogen-bond acceptors (Lipinski definition) is 0. The van der Waals surface area contributed by atoms with Crippen LogP contribution in [0, 0.1) is 72.6 Å². The first-order chi connectivity index (χ1) is 28.0. The smallest absolute Gasteiger partial charge is 1.00 e. The van der Waals surface area contributed by atoms with Crippen LogP contribution in [-0.2, 0) is 21.3 Å². The van der Waals surface area contributed by atoms with E-state index in [2.05, 4.69) is 211 Å². The van der Waals surface area contributed by atoms with Crippen molar-refractivity contribution in [2.24, 2.45) is 17.3 Å². The molecule has 3 heteroatoms. The van der Waals surface area contributed by atoms with Gasteiger partial charge in [-0.1, -0.05) is 0 Å². The summed E-state index contributed by atoms with van der Waals surface area (Å²) in [5.74, 6) is 0.884. The fourth-order valence-corrected chi connectivity index (χ4v) is 20.4. The molecule has 2 aliphatic rings. The van der Waals surface area contributed by atoms with E-state index in [0.717, 1.165) is 0 Å². The predicted molar refractivity (Wildman–Crippen MR) is 253 cm³/mol. The number of benzene rings is 6. The summed E-state index contributed by atoms with van der Waals surface area (Å²) in [6.45, 7) is 30.2. The van der Waals surface area contributed by atoms with Gasteiger partial charge in [0.15, 0.2) is 0 Å². The average Bonchev–Trinajstić information content (AvgIpc) is 3.75. The zero-order valence-electron chi connectivity index (χ0n) is 38.5. The minimum absolute atomic E-state index is 0. The standard InChI is InChI=1S/C31H29.C15H14.C12H19.2ClH.Zr/c1-18-11-20(3)30(21(4)12-18)24-7-9-28-26(15-24)17-27-16-25(8-10-29(27)28)31-22(5)13-19(2)14-23(31)6;1-12-3-7-14(8-4-12)11-15-9-5-13(2)6-10-15;1-9(2)10-6-7-11(8-10)12(3,4)5;;;/h7-17H,1-6H3;3-10H,1-2H3;7-10H,1-5H3;2*1H;/q;;;;;+2/p-2. The van der Waals surface area contributed by atoms with Crippen LogP contribution in [0.25, 0.3) is 33.4 Å². The molecule has 8 rings (SSSR count). The van der Waals surface area contributed by atoms with Gasteiger partial charge in [-0.3, -0.25) is 0 Å². The van der Waals surface area contributed by atoms with Crippen molar-refractivity contribution in [3.05, 3.63) is 197 Å².